The molecule has 1 spiro atoms. The maximum absolute atomic E-state index is 11.5. The highest BCUT2D eigenvalue weighted by Crippen LogP contribution is 2.54. The Morgan fingerprint density at radius 2 is 2.45 bits per heavy atom. The van der Waals surface area contributed by atoms with E-state index in [0.717, 1.165) is 32.5 Å². The molecule has 0 amide bonds. The summed E-state index contributed by atoms with van der Waals surface area (Å²) in [5.41, 5.74) is -0.0273. The summed E-state index contributed by atoms with van der Waals surface area (Å²) in [6, 6.07) is 3.84. The molecule has 1 N–H and O–H groups in total. The summed E-state index contributed by atoms with van der Waals surface area (Å²) in [4.78, 5) is 15.8. The lowest BCUT2D eigenvalue weighted by Gasteiger charge is -2.28. The summed E-state index contributed by atoms with van der Waals surface area (Å²) < 4.78 is 11.0. The van der Waals surface area contributed by atoms with Gasteiger partial charge >= 0.3 is 5.97 Å². The minimum absolute atomic E-state index is 0.0273. The minimum Gasteiger partial charge on any atom is -0.465 e. The Morgan fingerprint density at radius 1 is 1.59 bits per heavy atom. The molecule has 1 aromatic heterocycles. The van der Waals surface area contributed by atoms with Crippen molar-refractivity contribution < 1.29 is 19.4 Å². The third-order valence-electron chi connectivity index (χ3n) is 5.49. The summed E-state index contributed by atoms with van der Waals surface area (Å²) in [5.74, 6) is 0.486. The highest BCUT2D eigenvalue weighted by molar-refractivity contribution is 7.13. The molecular formula is C16H21NO4S. The molecule has 1 aromatic rings. The van der Waals surface area contributed by atoms with E-state index in [1.807, 2.05) is 12.1 Å². The second-order valence-electron chi connectivity index (χ2n) is 6.64. The molecule has 3 fully saturated rings. The molecule has 4 heterocycles. The average molecular weight is 323 g/mol. The first-order valence-corrected chi connectivity index (χ1v) is 8.65. The second kappa shape index (κ2) is 5.30. The van der Waals surface area contributed by atoms with Gasteiger partial charge in [0.05, 0.1) is 18.8 Å². The number of thiophene rings is 1. The van der Waals surface area contributed by atoms with E-state index >= 15 is 0 Å². The molecule has 3 aliphatic heterocycles. The van der Waals surface area contributed by atoms with Crippen LogP contribution in [-0.4, -0.2) is 54.5 Å². The van der Waals surface area contributed by atoms with Crippen molar-refractivity contribution in [2.24, 2.45) is 11.8 Å². The molecule has 0 aromatic carbocycles. The Labute approximate surface area is 133 Å². The lowest BCUT2D eigenvalue weighted by molar-refractivity contribution is 0.000450. The smallest absolute Gasteiger partial charge is 0.348 e. The van der Waals surface area contributed by atoms with Crippen LogP contribution in [0.2, 0.25) is 0 Å². The quantitative estimate of drug-likeness (QED) is 0.851. The molecule has 2 bridgehead atoms. The number of aliphatic hydroxyl groups excluding tert-OH is 1. The molecule has 0 radical (unpaired) electrons. The van der Waals surface area contributed by atoms with Gasteiger partial charge in [0.1, 0.15) is 4.88 Å². The SMILES string of the molecule is COC(=O)c1ccc(CN2C[C@H]3[C@@H](CO)[C@@H]4CC[C@@]3(C2)O4)s1. The molecule has 120 valence electrons. The van der Waals surface area contributed by atoms with Crippen molar-refractivity contribution >= 4 is 17.3 Å². The van der Waals surface area contributed by atoms with Crippen LogP contribution in [0.5, 0.6) is 0 Å². The van der Waals surface area contributed by atoms with E-state index in [-0.39, 0.29) is 24.3 Å². The van der Waals surface area contributed by atoms with Gasteiger partial charge in [0.2, 0.25) is 0 Å². The molecule has 4 atom stereocenters. The molecule has 0 saturated carbocycles. The van der Waals surface area contributed by atoms with Crippen LogP contribution in [-0.2, 0) is 16.0 Å². The molecule has 0 aliphatic carbocycles. The molecular weight excluding hydrogens is 302 g/mol. The average Bonchev–Trinajstić information content (AvgIpc) is 3.25. The number of ether oxygens (including phenoxy) is 2. The monoisotopic (exact) mass is 323 g/mol. The van der Waals surface area contributed by atoms with E-state index < -0.39 is 0 Å². The first-order valence-electron chi connectivity index (χ1n) is 7.83. The maximum Gasteiger partial charge on any atom is 0.348 e. The van der Waals surface area contributed by atoms with Crippen molar-refractivity contribution in [3.8, 4) is 0 Å². The number of methoxy groups -OCH3 is 1. The number of likely N-dealkylation sites (tertiary alicyclic amines) is 1. The fourth-order valence-corrected chi connectivity index (χ4v) is 5.51. The van der Waals surface area contributed by atoms with Crippen LogP contribution in [0.1, 0.15) is 27.4 Å². The lowest BCUT2D eigenvalue weighted by Crippen LogP contribution is -2.37. The number of hydrogen-bond acceptors (Lipinski definition) is 6. The Kier molecular flexibility index (Phi) is 3.52. The maximum atomic E-state index is 11.5. The fourth-order valence-electron chi connectivity index (χ4n) is 4.54. The minimum atomic E-state index is -0.268. The molecule has 3 aliphatic rings. The fraction of sp³-hybridized carbons (Fsp3) is 0.688. The zero-order valence-corrected chi connectivity index (χ0v) is 13.5. The lowest BCUT2D eigenvalue weighted by atomic mass is 9.74. The van der Waals surface area contributed by atoms with E-state index in [9.17, 15) is 9.90 Å². The summed E-state index contributed by atoms with van der Waals surface area (Å²) >= 11 is 1.50. The molecule has 4 rings (SSSR count). The predicted molar refractivity (Wildman–Crippen MR) is 81.8 cm³/mol. The normalized spacial score (nSPS) is 36.7. The van der Waals surface area contributed by atoms with Gasteiger partial charge in [-0.15, -0.1) is 11.3 Å². The van der Waals surface area contributed by atoms with Crippen LogP contribution >= 0.6 is 11.3 Å². The zero-order chi connectivity index (χ0) is 15.3. The van der Waals surface area contributed by atoms with Crippen molar-refractivity contribution in [2.45, 2.75) is 31.1 Å². The van der Waals surface area contributed by atoms with Crippen molar-refractivity contribution in [3.63, 3.8) is 0 Å². The highest BCUT2D eigenvalue weighted by Gasteiger charge is 2.62. The van der Waals surface area contributed by atoms with Crippen molar-refractivity contribution in [1.82, 2.24) is 4.90 Å². The molecule has 5 nitrogen and oxygen atoms in total. The van der Waals surface area contributed by atoms with Crippen molar-refractivity contribution in [1.29, 1.82) is 0 Å². The van der Waals surface area contributed by atoms with Gasteiger partial charge < -0.3 is 14.6 Å². The first-order chi connectivity index (χ1) is 10.6. The van der Waals surface area contributed by atoms with Gasteiger partial charge in [-0.3, -0.25) is 4.90 Å². The van der Waals surface area contributed by atoms with E-state index in [4.69, 9.17) is 9.47 Å². The molecule has 6 heteroatoms. The number of rotatable bonds is 4. The largest absolute Gasteiger partial charge is 0.465 e. The summed E-state index contributed by atoms with van der Waals surface area (Å²) in [7, 11) is 1.41. The Bertz CT molecular complexity index is 588. The van der Waals surface area contributed by atoms with Crippen LogP contribution in [0, 0.1) is 11.8 Å². The first kappa shape index (κ1) is 14.6. The van der Waals surface area contributed by atoms with Gasteiger partial charge in [-0.1, -0.05) is 0 Å². The van der Waals surface area contributed by atoms with Crippen molar-refractivity contribution in [2.75, 3.05) is 26.8 Å². The van der Waals surface area contributed by atoms with E-state index in [0.29, 0.717) is 16.7 Å². The number of nitrogens with zero attached hydrogens (tertiary/aromatic N) is 1. The van der Waals surface area contributed by atoms with Crippen LogP contribution in [0.15, 0.2) is 12.1 Å². The zero-order valence-electron chi connectivity index (χ0n) is 12.7. The Morgan fingerprint density at radius 3 is 3.23 bits per heavy atom. The van der Waals surface area contributed by atoms with Crippen LogP contribution in [0.4, 0.5) is 0 Å². The topological polar surface area (TPSA) is 59.0 Å². The number of esters is 1. The number of aliphatic hydroxyl groups is 1. The third-order valence-corrected chi connectivity index (χ3v) is 6.54. The predicted octanol–water partition coefficient (Wildman–Crippen LogP) is 1.51. The van der Waals surface area contributed by atoms with Gasteiger partial charge in [-0.2, -0.15) is 0 Å². The summed E-state index contributed by atoms with van der Waals surface area (Å²) in [6.07, 6.45) is 2.47. The van der Waals surface area contributed by atoms with Crippen molar-refractivity contribution in [3.05, 3.63) is 21.9 Å². The van der Waals surface area contributed by atoms with Crippen LogP contribution < -0.4 is 0 Å². The van der Waals surface area contributed by atoms with Crippen LogP contribution in [0.3, 0.4) is 0 Å². The van der Waals surface area contributed by atoms with Crippen LogP contribution in [0.25, 0.3) is 0 Å². The number of hydrogen-bond donors (Lipinski definition) is 1. The number of fused-ring (bicyclic) bond motifs is 1. The Balaban J connectivity index is 1.45. The van der Waals surface area contributed by atoms with E-state index in [2.05, 4.69) is 4.90 Å². The van der Waals surface area contributed by atoms with E-state index in [1.54, 1.807) is 0 Å². The van der Waals surface area contributed by atoms with Gasteiger partial charge in [0.25, 0.3) is 0 Å². The molecule has 22 heavy (non-hydrogen) atoms. The number of carbonyl (C=O) groups is 1. The molecule has 0 unspecified atom stereocenters. The van der Waals surface area contributed by atoms with Gasteiger partial charge in [0.15, 0.2) is 0 Å². The Hall–Kier alpha value is -0.950. The standard InChI is InChI=1S/C16H21NO4S/c1-20-15(19)14-3-2-10(22-14)6-17-7-12-11(8-18)13-4-5-16(12,9-17)21-13/h2-3,11-13,18H,4-9H2,1H3/t11-,12+,13+,16+/m1/s1. The summed E-state index contributed by atoms with van der Waals surface area (Å²) in [6.45, 7) is 2.99. The molecule has 3 saturated heterocycles. The summed E-state index contributed by atoms with van der Waals surface area (Å²) in [5, 5.41) is 9.65. The van der Waals surface area contributed by atoms with Gasteiger partial charge in [-0.25, -0.2) is 4.79 Å². The van der Waals surface area contributed by atoms with Gasteiger partial charge in [-0.05, 0) is 25.0 Å². The third kappa shape index (κ3) is 2.12. The van der Waals surface area contributed by atoms with E-state index in [1.165, 1.54) is 23.3 Å². The number of carbonyl (C=O) groups excluding carboxylic acids is 1. The second-order valence-corrected chi connectivity index (χ2v) is 7.81. The highest BCUT2D eigenvalue weighted by atomic mass is 32.1. The van der Waals surface area contributed by atoms with Gasteiger partial charge in [0, 0.05) is 43.0 Å².